The van der Waals surface area contributed by atoms with Crippen LogP contribution in [0.2, 0.25) is 17.1 Å². The van der Waals surface area contributed by atoms with Crippen molar-refractivity contribution in [2.75, 3.05) is 0 Å². The van der Waals surface area contributed by atoms with E-state index in [4.69, 9.17) is 4.43 Å². The molecule has 0 rings (SSSR count). The van der Waals surface area contributed by atoms with E-state index in [9.17, 15) is 4.79 Å². The van der Waals surface area contributed by atoms with Crippen LogP contribution in [0, 0.1) is 0 Å². The number of hydrogen-bond acceptors (Lipinski definition) is 2. The van der Waals surface area contributed by atoms with E-state index in [2.05, 4.69) is 41.2 Å². The van der Waals surface area contributed by atoms with Crippen LogP contribution in [0.1, 0.15) is 60.3 Å². The van der Waals surface area contributed by atoms with Crippen LogP contribution in [0.3, 0.4) is 0 Å². The molecule has 0 aromatic carbocycles. The average Bonchev–Trinajstić information content (AvgIpc) is 2.31. The Morgan fingerprint density at radius 2 is 1.72 bits per heavy atom. The van der Waals surface area contributed by atoms with Gasteiger partial charge >= 0.3 is 5.97 Å². The second kappa shape index (κ2) is 8.52. The molecule has 0 radical (unpaired) electrons. The number of rotatable bonds is 9. The molecule has 106 valence electrons. The number of carbonyl (C=O) groups excluding carboxylic acids is 1. The predicted molar refractivity (Wildman–Crippen MR) is 81.2 cm³/mol. The Morgan fingerprint density at radius 1 is 1.17 bits per heavy atom. The van der Waals surface area contributed by atoms with Gasteiger partial charge in [0.2, 0.25) is 0 Å². The molecule has 18 heavy (non-hydrogen) atoms. The van der Waals surface area contributed by atoms with Crippen molar-refractivity contribution in [1.29, 1.82) is 0 Å². The molecule has 0 N–H and O–H groups in total. The van der Waals surface area contributed by atoms with Crippen molar-refractivity contribution in [1.82, 2.24) is 0 Å². The molecule has 0 saturated carbocycles. The van der Waals surface area contributed by atoms with Crippen molar-refractivity contribution in [3.05, 3.63) is 12.7 Å². The SMILES string of the molecule is C=CC(=O)O[Si](CCCCCC)(C(C)C)C(C)C. The molecule has 0 aliphatic carbocycles. The third-order valence-electron chi connectivity index (χ3n) is 3.83. The molecule has 0 aromatic heterocycles. The summed E-state index contributed by atoms with van der Waals surface area (Å²) in [5, 5.41) is 0. The Labute approximate surface area is 114 Å². The molecule has 0 unspecified atom stereocenters. The molecule has 0 bridgehead atoms. The molecule has 0 aromatic rings. The highest BCUT2D eigenvalue weighted by molar-refractivity contribution is 6.77. The molecular formula is C15H30O2Si. The normalized spacial score (nSPS) is 11.9. The minimum Gasteiger partial charge on any atom is -0.515 e. The third kappa shape index (κ3) is 4.97. The number of hydrogen-bond donors (Lipinski definition) is 0. The highest BCUT2D eigenvalue weighted by Crippen LogP contribution is 2.38. The van der Waals surface area contributed by atoms with Gasteiger partial charge in [-0.15, -0.1) is 0 Å². The van der Waals surface area contributed by atoms with E-state index in [1.54, 1.807) is 0 Å². The molecule has 2 nitrogen and oxygen atoms in total. The van der Waals surface area contributed by atoms with Gasteiger partial charge in [-0.3, -0.25) is 0 Å². The van der Waals surface area contributed by atoms with Crippen LogP contribution in [0.4, 0.5) is 0 Å². The van der Waals surface area contributed by atoms with E-state index in [0.29, 0.717) is 11.1 Å². The Morgan fingerprint density at radius 3 is 2.11 bits per heavy atom. The van der Waals surface area contributed by atoms with Crippen molar-refractivity contribution in [2.45, 2.75) is 77.4 Å². The smallest absolute Gasteiger partial charge is 0.316 e. The second-order valence-electron chi connectivity index (χ2n) is 5.70. The summed E-state index contributed by atoms with van der Waals surface area (Å²) in [5.74, 6) is -0.237. The lowest BCUT2D eigenvalue weighted by Gasteiger charge is -2.37. The van der Waals surface area contributed by atoms with Crippen LogP contribution in [0.15, 0.2) is 12.7 Å². The first kappa shape index (κ1) is 17.4. The molecule has 0 amide bonds. The first-order chi connectivity index (χ1) is 8.40. The van der Waals surface area contributed by atoms with Gasteiger partial charge in [-0.25, -0.2) is 4.79 Å². The quantitative estimate of drug-likeness (QED) is 0.332. The lowest BCUT2D eigenvalue weighted by atomic mass is 10.2. The zero-order chi connectivity index (χ0) is 14.2. The van der Waals surface area contributed by atoms with E-state index < -0.39 is 8.32 Å². The van der Waals surface area contributed by atoms with Gasteiger partial charge in [-0.1, -0.05) is 66.9 Å². The van der Waals surface area contributed by atoms with Gasteiger partial charge < -0.3 is 4.43 Å². The van der Waals surface area contributed by atoms with Crippen molar-refractivity contribution < 1.29 is 9.22 Å². The van der Waals surface area contributed by atoms with Crippen LogP contribution in [0.5, 0.6) is 0 Å². The summed E-state index contributed by atoms with van der Waals surface area (Å²) < 4.78 is 5.87. The largest absolute Gasteiger partial charge is 0.515 e. The Balaban J connectivity index is 4.75. The van der Waals surface area contributed by atoms with E-state index in [-0.39, 0.29) is 5.97 Å². The van der Waals surface area contributed by atoms with Gasteiger partial charge in [-0.2, -0.15) is 0 Å². The second-order valence-corrected chi connectivity index (χ2v) is 10.6. The molecule has 0 fully saturated rings. The maximum atomic E-state index is 11.6. The minimum absolute atomic E-state index is 0.237. The molecule has 0 heterocycles. The van der Waals surface area contributed by atoms with Crippen LogP contribution >= 0.6 is 0 Å². The fraction of sp³-hybridized carbons (Fsp3) is 0.800. The average molecular weight is 270 g/mol. The molecule has 3 heteroatoms. The lowest BCUT2D eigenvalue weighted by Crippen LogP contribution is -2.46. The Hall–Kier alpha value is -0.573. The first-order valence-corrected chi connectivity index (χ1v) is 9.53. The van der Waals surface area contributed by atoms with Crippen LogP contribution in [0.25, 0.3) is 0 Å². The number of unbranched alkanes of at least 4 members (excludes halogenated alkanes) is 3. The third-order valence-corrected chi connectivity index (χ3v) is 9.46. The van der Waals surface area contributed by atoms with Crippen LogP contribution in [-0.4, -0.2) is 14.3 Å². The van der Waals surface area contributed by atoms with Crippen LogP contribution < -0.4 is 0 Å². The topological polar surface area (TPSA) is 26.3 Å². The molecular weight excluding hydrogens is 240 g/mol. The zero-order valence-electron chi connectivity index (χ0n) is 12.8. The molecule has 0 aliphatic rings. The molecule has 0 spiro atoms. The summed E-state index contributed by atoms with van der Waals surface area (Å²) in [6, 6.07) is 1.09. The molecule has 0 atom stereocenters. The zero-order valence-corrected chi connectivity index (χ0v) is 13.8. The summed E-state index contributed by atoms with van der Waals surface area (Å²) in [7, 11) is -2.01. The monoisotopic (exact) mass is 270 g/mol. The number of carbonyl (C=O) groups is 1. The molecule has 0 saturated heterocycles. The highest BCUT2D eigenvalue weighted by Gasteiger charge is 2.44. The van der Waals surface area contributed by atoms with Crippen molar-refractivity contribution in [3.63, 3.8) is 0 Å². The van der Waals surface area contributed by atoms with Gasteiger partial charge in [0.25, 0.3) is 8.32 Å². The van der Waals surface area contributed by atoms with Crippen molar-refractivity contribution >= 4 is 14.3 Å². The van der Waals surface area contributed by atoms with Crippen molar-refractivity contribution in [3.8, 4) is 0 Å². The lowest BCUT2D eigenvalue weighted by molar-refractivity contribution is -0.130. The fourth-order valence-corrected chi connectivity index (χ4v) is 6.91. The first-order valence-electron chi connectivity index (χ1n) is 7.26. The maximum Gasteiger partial charge on any atom is 0.316 e. The Kier molecular flexibility index (Phi) is 8.24. The van der Waals surface area contributed by atoms with Gasteiger partial charge in [0.05, 0.1) is 0 Å². The summed E-state index contributed by atoms with van der Waals surface area (Å²) in [4.78, 5) is 11.6. The summed E-state index contributed by atoms with van der Waals surface area (Å²) in [6.45, 7) is 14.5. The summed E-state index contributed by atoms with van der Waals surface area (Å²) in [5.41, 5.74) is 0.922. The molecule has 0 aliphatic heterocycles. The maximum absolute atomic E-state index is 11.6. The standard InChI is InChI=1S/C15H30O2Si/c1-7-9-10-11-12-18(13(3)4,14(5)6)17-15(16)8-2/h8,13-14H,2,7,9-12H2,1,3-6H3. The summed E-state index contributed by atoms with van der Waals surface area (Å²) in [6.07, 6.45) is 6.25. The van der Waals surface area contributed by atoms with Gasteiger partial charge in [-0.05, 0) is 17.1 Å². The van der Waals surface area contributed by atoms with E-state index >= 15 is 0 Å². The van der Waals surface area contributed by atoms with Gasteiger partial charge in [0.15, 0.2) is 0 Å². The highest BCUT2D eigenvalue weighted by atomic mass is 28.4. The van der Waals surface area contributed by atoms with Gasteiger partial charge in [0, 0.05) is 6.08 Å². The predicted octanol–water partition coefficient (Wildman–Crippen LogP) is 5.06. The van der Waals surface area contributed by atoms with E-state index in [1.807, 2.05) is 0 Å². The van der Waals surface area contributed by atoms with E-state index in [1.165, 1.54) is 31.8 Å². The van der Waals surface area contributed by atoms with Crippen molar-refractivity contribution in [2.24, 2.45) is 0 Å². The summed E-state index contributed by atoms with van der Waals surface area (Å²) >= 11 is 0. The fourth-order valence-electron chi connectivity index (χ4n) is 2.59. The van der Waals surface area contributed by atoms with Crippen LogP contribution in [-0.2, 0) is 9.22 Å². The minimum atomic E-state index is -2.01. The van der Waals surface area contributed by atoms with E-state index in [0.717, 1.165) is 6.04 Å². The van der Waals surface area contributed by atoms with Gasteiger partial charge in [0.1, 0.15) is 0 Å². The Bertz CT molecular complexity index is 251.